The minimum atomic E-state index is 0.0661. The van der Waals surface area contributed by atoms with Gasteiger partial charge in [0.05, 0.1) is 19.3 Å². The summed E-state index contributed by atoms with van der Waals surface area (Å²) >= 11 is 0. The zero-order valence-electron chi connectivity index (χ0n) is 11.7. The number of hydrogen-bond acceptors (Lipinski definition) is 3. The van der Waals surface area contributed by atoms with Crippen molar-refractivity contribution in [2.45, 2.75) is 31.7 Å². The predicted molar refractivity (Wildman–Crippen MR) is 76.7 cm³/mol. The van der Waals surface area contributed by atoms with E-state index in [0.717, 1.165) is 11.4 Å². The van der Waals surface area contributed by atoms with Crippen molar-refractivity contribution in [2.24, 2.45) is 0 Å². The maximum absolute atomic E-state index is 12.2. The van der Waals surface area contributed by atoms with Crippen LogP contribution in [0.5, 0.6) is 5.75 Å². The van der Waals surface area contributed by atoms with Gasteiger partial charge in [0.1, 0.15) is 5.75 Å². The molecule has 1 saturated carbocycles. The largest absolute Gasteiger partial charge is 0.495 e. The van der Waals surface area contributed by atoms with Crippen LogP contribution in [0, 0.1) is 0 Å². The Morgan fingerprint density at radius 1 is 1.37 bits per heavy atom. The lowest BCUT2D eigenvalue weighted by Crippen LogP contribution is -2.39. The Bertz CT molecular complexity index is 428. The Hall–Kier alpha value is -1.55. The number of anilines is 1. The van der Waals surface area contributed by atoms with E-state index in [0.29, 0.717) is 12.6 Å². The van der Waals surface area contributed by atoms with E-state index in [9.17, 15) is 4.79 Å². The summed E-state index contributed by atoms with van der Waals surface area (Å²) in [6.45, 7) is 0.388. The van der Waals surface area contributed by atoms with Gasteiger partial charge in [0.25, 0.3) is 0 Å². The topological polar surface area (TPSA) is 41.6 Å². The summed E-state index contributed by atoms with van der Waals surface area (Å²) in [5.74, 6) is 0.788. The molecule has 2 rings (SSSR count). The molecular weight excluding hydrogens is 240 g/mol. The van der Waals surface area contributed by atoms with Gasteiger partial charge in [0.2, 0.25) is 5.91 Å². The monoisotopic (exact) mass is 262 g/mol. The van der Waals surface area contributed by atoms with Gasteiger partial charge in [-0.2, -0.15) is 0 Å². The zero-order chi connectivity index (χ0) is 13.7. The van der Waals surface area contributed by atoms with Gasteiger partial charge in [-0.3, -0.25) is 4.79 Å². The van der Waals surface area contributed by atoms with Crippen LogP contribution < -0.4 is 15.0 Å². The lowest BCUT2D eigenvalue weighted by atomic mass is 10.2. The van der Waals surface area contributed by atoms with Crippen LogP contribution in [0.15, 0.2) is 24.3 Å². The molecule has 0 heterocycles. The number of methoxy groups -OCH3 is 1. The van der Waals surface area contributed by atoms with Crippen molar-refractivity contribution >= 4 is 11.6 Å². The molecular formula is C15H22N2O2. The summed E-state index contributed by atoms with van der Waals surface area (Å²) < 4.78 is 5.28. The number of likely N-dealkylation sites (N-methyl/N-ethyl adjacent to an activating group) is 1. The first-order valence-electron chi connectivity index (χ1n) is 6.85. The molecule has 104 valence electrons. The van der Waals surface area contributed by atoms with E-state index in [1.165, 1.54) is 25.7 Å². The normalized spacial score (nSPS) is 15.5. The van der Waals surface area contributed by atoms with Gasteiger partial charge < -0.3 is 15.0 Å². The number of nitrogens with zero attached hydrogens (tertiary/aromatic N) is 1. The average Bonchev–Trinajstić information content (AvgIpc) is 2.97. The Labute approximate surface area is 114 Å². The Morgan fingerprint density at radius 2 is 2.05 bits per heavy atom. The minimum absolute atomic E-state index is 0.0661. The number of ether oxygens (including phenoxy) is 1. The van der Waals surface area contributed by atoms with E-state index in [4.69, 9.17) is 4.74 Å². The summed E-state index contributed by atoms with van der Waals surface area (Å²) in [5.41, 5.74) is 0.809. The molecule has 1 aromatic carbocycles. The fourth-order valence-corrected chi connectivity index (χ4v) is 2.52. The first kappa shape index (κ1) is 13.9. The molecule has 0 radical (unpaired) electrons. The highest BCUT2D eigenvalue weighted by molar-refractivity contribution is 5.95. The zero-order valence-corrected chi connectivity index (χ0v) is 11.7. The number of hydrogen-bond donors (Lipinski definition) is 1. The van der Waals surface area contributed by atoms with Crippen molar-refractivity contribution in [1.82, 2.24) is 5.32 Å². The highest BCUT2D eigenvalue weighted by Gasteiger charge is 2.18. The van der Waals surface area contributed by atoms with Crippen molar-refractivity contribution in [3.63, 3.8) is 0 Å². The second-order valence-electron chi connectivity index (χ2n) is 4.99. The quantitative estimate of drug-likeness (QED) is 0.884. The standard InChI is InChI=1S/C15H22N2O2/c1-17(13-9-5-6-10-14(13)19-2)15(18)11-16-12-7-3-4-8-12/h5-6,9-10,12,16H,3-4,7-8,11H2,1-2H3. The lowest BCUT2D eigenvalue weighted by molar-refractivity contribution is -0.117. The van der Waals surface area contributed by atoms with Crippen molar-refractivity contribution in [3.05, 3.63) is 24.3 Å². The Kier molecular flexibility index (Phi) is 4.80. The van der Waals surface area contributed by atoms with Crippen LogP contribution in [0.3, 0.4) is 0 Å². The number of carbonyl (C=O) groups excluding carboxylic acids is 1. The number of rotatable bonds is 5. The maximum atomic E-state index is 12.2. The van der Waals surface area contributed by atoms with Crippen molar-refractivity contribution in [1.29, 1.82) is 0 Å². The number of para-hydroxylation sites is 2. The van der Waals surface area contributed by atoms with Gasteiger partial charge in [-0.1, -0.05) is 25.0 Å². The maximum Gasteiger partial charge on any atom is 0.240 e. The molecule has 1 N–H and O–H groups in total. The second-order valence-corrected chi connectivity index (χ2v) is 4.99. The fraction of sp³-hybridized carbons (Fsp3) is 0.533. The third-order valence-corrected chi connectivity index (χ3v) is 3.72. The first-order valence-corrected chi connectivity index (χ1v) is 6.85. The van der Waals surface area contributed by atoms with Crippen LogP contribution in [0.25, 0.3) is 0 Å². The molecule has 19 heavy (non-hydrogen) atoms. The number of amides is 1. The second kappa shape index (κ2) is 6.57. The Morgan fingerprint density at radius 3 is 2.74 bits per heavy atom. The highest BCUT2D eigenvalue weighted by Crippen LogP contribution is 2.26. The Balaban J connectivity index is 1.94. The third-order valence-electron chi connectivity index (χ3n) is 3.72. The average molecular weight is 262 g/mol. The van der Waals surface area contributed by atoms with Crippen LogP contribution in [0.4, 0.5) is 5.69 Å². The van der Waals surface area contributed by atoms with Crippen LogP contribution in [0.1, 0.15) is 25.7 Å². The van der Waals surface area contributed by atoms with Gasteiger partial charge in [-0.15, -0.1) is 0 Å². The molecule has 4 nitrogen and oxygen atoms in total. The van der Waals surface area contributed by atoms with Crippen LogP contribution >= 0.6 is 0 Å². The van der Waals surface area contributed by atoms with Gasteiger partial charge in [0, 0.05) is 13.1 Å². The molecule has 1 aromatic rings. The molecule has 0 saturated heterocycles. The van der Waals surface area contributed by atoms with E-state index in [1.807, 2.05) is 24.3 Å². The molecule has 1 aliphatic carbocycles. The number of carbonyl (C=O) groups is 1. The summed E-state index contributed by atoms with van der Waals surface area (Å²) in [5, 5.41) is 3.34. The van der Waals surface area contributed by atoms with Crippen LogP contribution in [-0.4, -0.2) is 32.7 Å². The molecule has 0 aliphatic heterocycles. The van der Waals surface area contributed by atoms with E-state index in [1.54, 1.807) is 19.1 Å². The smallest absolute Gasteiger partial charge is 0.240 e. The number of nitrogens with one attached hydrogen (secondary N) is 1. The highest BCUT2D eigenvalue weighted by atomic mass is 16.5. The van der Waals surface area contributed by atoms with E-state index < -0.39 is 0 Å². The summed E-state index contributed by atoms with van der Waals surface area (Å²) in [6, 6.07) is 8.08. The molecule has 0 unspecified atom stereocenters. The molecule has 1 aliphatic rings. The molecule has 0 aromatic heterocycles. The van der Waals surface area contributed by atoms with Gasteiger partial charge in [0.15, 0.2) is 0 Å². The third kappa shape index (κ3) is 3.47. The molecule has 0 atom stereocenters. The number of benzene rings is 1. The van der Waals surface area contributed by atoms with Crippen LogP contribution in [0.2, 0.25) is 0 Å². The first-order chi connectivity index (χ1) is 9.22. The molecule has 0 bridgehead atoms. The van der Waals surface area contributed by atoms with E-state index >= 15 is 0 Å². The van der Waals surface area contributed by atoms with Gasteiger partial charge in [-0.05, 0) is 25.0 Å². The predicted octanol–water partition coefficient (Wildman–Crippen LogP) is 2.19. The molecule has 1 amide bonds. The fourth-order valence-electron chi connectivity index (χ4n) is 2.52. The van der Waals surface area contributed by atoms with Crippen molar-refractivity contribution in [3.8, 4) is 5.75 Å². The lowest BCUT2D eigenvalue weighted by Gasteiger charge is -2.21. The molecule has 0 spiro atoms. The summed E-state index contributed by atoms with van der Waals surface area (Å²) in [6.07, 6.45) is 4.92. The van der Waals surface area contributed by atoms with E-state index in [2.05, 4.69) is 5.32 Å². The molecule has 4 heteroatoms. The van der Waals surface area contributed by atoms with Crippen LogP contribution in [-0.2, 0) is 4.79 Å². The minimum Gasteiger partial charge on any atom is -0.495 e. The summed E-state index contributed by atoms with van der Waals surface area (Å²) in [4.78, 5) is 13.8. The molecule has 1 fully saturated rings. The van der Waals surface area contributed by atoms with Gasteiger partial charge in [-0.25, -0.2) is 0 Å². The SMILES string of the molecule is COc1ccccc1N(C)C(=O)CNC1CCCC1. The van der Waals surface area contributed by atoms with Gasteiger partial charge >= 0.3 is 0 Å². The van der Waals surface area contributed by atoms with E-state index in [-0.39, 0.29) is 5.91 Å². The summed E-state index contributed by atoms with van der Waals surface area (Å²) in [7, 11) is 3.41. The van der Waals surface area contributed by atoms with Crippen molar-refractivity contribution in [2.75, 3.05) is 25.6 Å². The van der Waals surface area contributed by atoms with Crippen molar-refractivity contribution < 1.29 is 9.53 Å².